The Morgan fingerprint density at radius 2 is 1.89 bits per heavy atom. The molecule has 0 saturated heterocycles. The number of carbonyl (C=O) groups is 2. The molecule has 0 aliphatic carbocycles. The van der Waals surface area contributed by atoms with Crippen LogP contribution in [-0.4, -0.2) is 32.0 Å². The molecule has 1 aromatic carbocycles. The standard InChI is InChI=1S/C13H18N2O3/c1-9-4-5-12(18-3)11(8-9)13(17)15-7-6-14-10(2)16/h4-5,8H,6-7H2,1-3H3,(H,14,16)(H,15,17). The molecule has 0 aliphatic rings. The molecule has 98 valence electrons. The molecular formula is C13H18N2O3. The molecule has 0 saturated carbocycles. The third kappa shape index (κ3) is 4.08. The van der Waals surface area contributed by atoms with Crippen LogP contribution >= 0.6 is 0 Å². The highest BCUT2D eigenvalue weighted by molar-refractivity contribution is 5.97. The third-order valence-electron chi connectivity index (χ3n) is 2.38. The second-order valence-electron chi connectivity index (χ2n) is 3.94. The Kier molecular flexibility index (Phi) is 5.17. The molecule has 0 unspecified atom stereocenters. The molecule has 2 amide bonds. The predicted octanol–water partition coefficient (Wildman–Crippen LogP) is 0.870. The summed E-state index contributed by atoms with van der Waals surface area (Å²) in [5, 5.41) is 5.33. The van der Waals surface area contributed by atoms with Gasteiger partial charge in [-0.2, -0.15) is 0 Å². The van der Waals surface area contributed by atoms with Crippen LogP contribution in [0.5, 0.6) is 5.75 Å². The molecule has 2 N–H and O–H groups in total. The fraction of sp³-hybridized carbons (Fsp3) is 0.385. The summed E-state index contributed by atoms with van der Waals surface area (Å²) < 4.78 is 5.14. The average molecular weight is 250 g/mol. The average Bonchev–Trinajstić information content (AvgIpc) is 2.34. The molecule has 18 heavy (non-hydrogen) atoms. The van der Waals surface area contributed by atoms with E-state index in [1.165, 1.54) is 14.0 Å². The number of benzene rings is 1. The van der Waals surface area contributed by atoms with Crippen molar-refractivity contribution < 1.29 is 14.3 Å². The van der Waals surface area contributed by atoms with E-state index < -0.39 is 0 Å². The van der Waals surface area contributed by atoms with E-state index in [0.29, 0.717) is 24.4 Å². The molecule has 0 fully saturated rings. The minimum Gasteiger partial charge on any atom is -0.496 e. The van der Waals surface area contributed by atoms with Gasteiger partial charge in [-0.15, -0.1) is 0 Å². The number of nitrogens with one attached hydrogen (secondary N) is 2. The van der Waals surface area contributed by atoms with Gasteiger partial charge in [-0.3, -0.25) is 9.59 Å². The van der Waals surface area contributed by atoms with E-state index in [2.05, 4.69) is 10.6 Å². The number of methoxy groups -OCH3 is 1. The van der Waals surface area contributed by atoms with Crippen LogP contribution in [0.25, 0.3) is 0 Å². The predicted molar refractivity (Wildman–Crippen MR) is 68.7 cm³/mol. The van der Waals surface area contributed by atoms with E-state index in [1.807, 2.05) is 13.0 Å². The van der Waals surface area contributed by atoms with Crippen molar-refractivity contribution in [3.05, 3.63) is 29.3 Å². The van der Waals surface area contributed by atoms with Crippen LogP contribution in [-0.2, 0) is 4.79 Å². The quantitative estimate of drug-likeness (QED) is 0.762. The minimum atomic E-state index is -0.207. The van der Waals surface area contributed by atoms with Gasteiger partial charge in [0, 0.05) is 20.0 Å². The van der Waals surface area contributed by atoms with Crippen molar-refractivity contribution in [1.82, 2.24) is 10.6 Å². The lowest BCUT2D eigenvalue weighted by Gasteiger charge is -2.10. The lowest BCUT2D eigenvalue weighted by atomic mass is 10.1. The van der Waals surface area contributed by atoms with Crippen molar-refractivity contribution in [2.45, 2.75) is 13.8 Å². The lowest BCUT2D eigenvalue weighted by Crippen LogP contribution is -2.33. The topological polar surface area (TPSA) is 67.4 Å². The smallest absolute Gasteiger partial charge is 0.255 e. The second kappa shape index (κ2) is 6.64. The first kappa shape index (κ1) is 14.0. The Morgan fingerprint density at radius 1 is 1.22 bits per heavy atom. The third-order valence-corrected chi connectivity index (χ3v) is 2.38. The Morgan fingerprint density at radius 3 is 2.50 bits per heavy atom. The van der Waals surface area contributed by atoms with Crippen LogP contribution < -0.4 is 15.4 Å². The van der Waals surface area contributed by atoms with Crippen molar-refractivity contribution in [1.29, 1.82) is 0 Å². The highest BCUT2D eigenvalue weighted by Crippen LogP contribution is 2.19. The van der Waals surface area contributed by atoms with Gasteiger partial charge in [0.25, 0.3) is 5.91 Å². The molecule has 0 aliphatic heterocycles. The maximum Gasteiger partial charge on any atom is 0.255 e. The number of ether oxygens (including phenoxy) is 1. The molecule has 0 atom stereocenters. The Balaban J connectivity index is 2.60. The molecule has 1 rings (SSSR count). The zero-order valence-electron chi connectivity index (χ0n) is 10.9. The van der Waals surface area contributed by atoms with E-state index in [0.717, 1.165) is 5.56 Å². The highest BCUT2D eigenvalue weighted by atomic mass is 16.5. The largest absolute Gasteiger partial charge is 0.496 e. The van der Waals surface area contributed by atoms with Gasteiger partial charge in [0.05, 0.1) is 12.7 Å². The van der Waals surface area contributed by atoms with Gasteiger partial charge in [-0.05, 0) is 19.1 Å². The number of carbonyl (C=O) groups excluding carboxylic acids is 2. The first-order chi connectivity index (χ1) is 8.54. The number of amides is 2. The lowest BCUT2D eigenvalue weighted by molar-refractivity contribution is -0.118. The number of rotatable bonds is 5. The second-order valence-corrected chi connectivity index (χ2v) is 3.94. The maximum absolute atomic E-state index is 11.9. The van der Waals surface area contributed by atoms with E-state index >= 15 is 0 Å². The van der Waals surface area contributed by atoms with Gasteiger partial charge >= 0.3 is 0 Å². The van der Waals surface area contributed by atoms with Crippen LogP contribution in [0.1, 0.15) is 22.8 Å². The maximum atomic E-state index is 11.9. The number of hydrogen-bond donors (Lipinski definition) is 2. The molecule has 0 bridgehead atoms. The molecule has 5 nitrogen and oxygen atoms in total. The van der Waals surface area contributed by atoms with Crippen molar-refractivity contribution in [3.8, 4) is 5.75 Å². The molecule has 1 aromatic rings. The molecule has 0 aromatic heterocycles. The normalized spacial score (nSPS) is 9.72. The number of aryl methyl sites for hydroxylation is 1. The van der Waals surface area contributed by atoms with Crippen molar-refractivity contribution in [2.75, 3.05) is 20.2 Å². The summed E-state index contributed by atoms with van der Waals surface area (Å²) in [4.78, 5) is 22.6. The van der Waals surface area contributed by atoms with Crippen LogP contribution in [0.3, 0.4) is 0 Å². The Labute approximate surface area is 107 Å². The van der Waals surface area contributed by atoms with E-state index in [9.17, 15) is 9.59 Å². The van der Waals surface area contributed by atoms with Crippen LogP contribution in [0.15, 0.2) is 18.2 Å². The summed E-state index contributed by atoms with van der Waals surface area (Å²) in [6.07, 6.45) is 0. The molecule has 0 spiro atoms. The zero-order chi connectivity index (χ0) is 13.5. The Hall–Kier alpha value is -2.04. The van der Waals surface area contributed by atoms with Crippen LogP contribution in [0.2, 0.25) is 0 Å². The van der Waals surface area contributed by atoms with Crippen LogP contribution in [0.4, 0.5) is 0 Å². The fourth-order valence-electron chi connectivity index (χ4n) is 1.51. The van der Waals surface area contributed by atoms with Crippen molar-refractivity contribution >= 4 is 11.8 Å². The van der Waals surface area contributed by atoms with Gasteiger partial charge in [0.1, 0.15) is 5.75 Å². The Bertz CT molecular complexity index is 444. The summed E-state index contributed by atoms with van der Waals surface area (Å²) in [5.41, 5.74) is 1.49. The summed E-state index contributed by atoms with van der Waals surface area (Å²) >= 11 is 0. The van der Waals surface area contributed by atoms with E-state index in [-0.39, 0.29) is 11.8 Å². The first-order valence-corrected chi connectivity index (χ1v) is 5.72. The minimum absolute atomic E-state index is 0.114. The summed E-state index contributed by atoms with van der Waals surface area (Å²) in [7, 11) is 1.53. The van der Waals surface area contributed by atoms with Gasteiger partial charge in [0.15, 0.2) is 0 Å². The number of hydrogen-bond acceptors (Lipinski definition) is 3. The SMILES string of the molecule is COc1ccc(C)cc1C(=O)NCCNC(C)=O. The van der Waals surface area contributed by atoms with Crippen LogP contribution in [0, 0.1) is 6.92 Å². The highest BCUT2D eigenvalue weighted by Gasteiger charge is 2.11. The zero-order valence-corrected chi connectivity index (χ0v) is 10.9. The molecule has 5 heteroatoms. The fourth-order valence-corrected chi connectivity index (χ4v) is 1.51. The van der Waals surface area contributed by atoms with Gasteiger partial charge < -0.3 is 15.4 Å². The first-order valence-electron chi connectivity index (χ1n) is 5.72. The summed E-state index contributed by atoms with van der Waals surface area (Å²) in [6, 6.07) is 5.41. The molecule has 0 radical (unpaired) electrons. The van der Waals surface area contributed by atoms with Gasteiger partial charge in [-0.25, -0.2) is 0 Å². The van der Waals surface area contributed by atoms with Gasteiger partial charge in [-0.1, -0.05) is 11.6 Å². The molecular weight excluding hydrogens is 232 g/mol. The molecule has 0 heterocycles. The van der Waals surface area contributed by atoms with E-state index in [1.54, 1.807) is 12.1 Å². The monoisotopic (exact) mass is 250 g/mol. The van der Waals surface area contributed by atoms with Gasteiger partial charge in [0.2, 0.25) is 5.91 Å². The summed E-state index contributed by atoms with van der Waals surface area (Å²) in [6.45, 7) is 4.14. The summed E-state index contributed by atoms with van der Waals surface area (Å²) in [5.74, 6) is 0.218. The van der Waals surface area contributed by atoms with E-state index in [4.69, 9.17) is 4.74 Å². The van der Waals surface area contributed by atoms with Crippen molar-refractivity contribution in [2.24, 2.45) is 0 Å². The van der Waals surface area contributed by atoms with Crippen molar-refractivity contribution in [3.63, 3.8) is 0 Å².